The van der Waals surface area contributed by atoms with Crippen molar-refractivity contribution in [3.05, 3.63) is 23.8 Å². The lowest BCUT2D eigenvalue weighted by atomic mass is 10.1. The molecule has 0 saturated carbocycles. The summed E-state index contributed by atoms with van der Waals surface area (Å²) in [7, 11) is 1.61. The molecule has 0 aliphatic carbocycles. The maximum Gasteiger partial charge on any atom is 0.161 e. The predicted molar refractivity (Wildman–Crippen MR) is 68.6 cm³/mol. The van der Waals surface area contributed by atoms with Crippen LogP contribution in [0.1, 0.15) is 38.9 Å². The molecule has 1 unspecified atom stereocenters. The van der Waals surface area contributed by atoms with Crippen LogP contribution in [0.25, 0.3) is 0 Å². The molecule has 3 heteroatoms. The van der Waals surface area contributed by atoms with Gasteiger partial charge in [-0.05, 0) is 30.5 Å². The van der Waals surface area contributed by atoms with Crippen LogP contribution in [-0.4, -0.2) is 18.8 Å². The van der Waals surface area contributed by atoms with Crippen LogP contribution in [0.15, 0.2) is 18.2 Å². The average molecular weight is 238 g/mol. The molecule has 0 aliphatic rings. The smallest absolute Gasteiger partial charge is 0.161 e. The number of methoxy groups -OCH3 is 1. The van der Waals surface area contributed by atoms with Crippen molar-refractivity contribution in [3.63, 3.8) is 0 Å². The van der Waals surface area contributed by atoms with E-state index in [2.05, 4.69) is 13.8 Å². The molecule has 3 nitrogen and oxygen atoms in total. The highest BCUT2D eigenvalue weighted by molar-refractivity contribution is 5.43. The minimum absolute atomic E-state index is 0.493. The van der Waals surface area contributed by atoms with Crippen LogP contribution in [0, 0.1) is 5.92 Å². The Morgan fingerprint density at radius 1 is 1.24 bits per heavy atom. The van der Waals surface area contributed by atoms with Crippen LogP contribution in [0.4, 0.5) is 0 Å². The van der Waals surface area contributed by atoms with Gasteiger partial charge in [0, 0.05) is 0 Å². The van der Waals surface area contributed by atoms with E-state index in [1.807, 2.05) is 18.2 Å². The third-order valence-corrected chi connectivity index (χ3v) is 2.89. The van der Waals surface area contributed by atoms with Crippen molar-refractivity contribution in [1.82, 2.24) is 0 Å². The number of ether oxygens (including phenoxy) is 2. The Kier molecular flexibility index (Phi) is 5.29. The number of hydrogen-bond donors (Lipinski definition) is 1. The quantitative estimate of drug-likeness (QED) is 0.827. The first-order valence-electron chi connectivity index (χ1n) is 6.07. The lowest BCUT2D eigenvalue weighted by Crippen LogP contribution is -2.08. The average Bonchev–Trinajstić information content (AvgIpc) is 2.35. The summed E-state index contributed by atoms with van der Waals surface area (Å²) >= 11 is 0. The summed E-state index contributed by atoms with van der Waals surface area (Å²) in [5, 5.41) is 9.49. The fraction of sp³-hybridized carbons (Fsp3) is 0.571. The third-order valence-electron chi connectivity index (χ3n) is 2.89. The molecule has 17 heavy (non-hydrogen) atoms. The predicted octanol–water partition coefficient (Wildman–Crippen LogP) is 3.17. The number of aliphatic hydroxyl groups excluding tert-OH is 1. The molecular weight excluding hydrogens is 216 g/mol. The lowest BCUT2D eigenvalue weighted by Gasteiger charge is -2.15. The van der Waals surface area contributed by atoms with E-state index in [9.17, 15) is 5.11 Å². The Hall–Kier alpha value is -1.22. The van der Waals surface area contributed by atoms with Gasteiger partial charge in [0.25, 0.3) is 0 Å². The fourth-order valence-corrected chi connectivity index (χ4v) is 1.41. The van der Waals surface area contributed by atoms with Gasteiger partial charge in [0.2, 0.25) is 0 Å². The molecule has 0 radical (unpaired) electrons. The van der Waals surface area contributed by atoms with Gasteiger partial charge in [-0.3, -0.25) is 0 Å². The van der Waals surface area contributed by atoms with Gasteiger partial charge >= 0.3 is 0 Å². The van der Waals surface area contributed by atoms with Crippen LogP contribution in [0.5, 0.6) is 11.5 Å². The van der Waals surface area contributed by atoms with Gasteiger partial charge in [-0.25, -0.2) is 0 Å². The summed E-state index contributed by atoms with van der Waals surface area (Å²) in [5.41, 5.74) is 0.831. The summed E-state index contributed by atoms with van der Waals surface area (Å²) in [6.45, 7) is 6.70. The fourth-order valence-electron chi connectivity index (χ4n) is 1.41. The first kappa shape index (κ1) is 13.8. The van der Waals surface area contributed by atoms with Crippen molar-refractivity contribution in [2.75, 3.05) is 13.7 Å². The topological polar surface area (TPSA) is 38.7 Å². The van der Waals surface area contributed by atoms with Gasteiger partial charge < -0.3 is 14.6 Å². The van der Waals surface area contributed by atoms with E-state index in [0.29, 0.717) is 18.3 Å². The highest BCUT2D eigenvalue weighted by Gasteiger charge is 2.09. The van der Waals surface area contributed by atoms with Crippen molar-refractivity contribution < 1.29 is 14.6 Å². The van der Waals surface area contributed by atoms with Crippen molar-refractivity contribution >= 4 is 0 Å². The Bertz CT molecular complexity index is 347. The first-order valence-corrected chi connectivity index (χ1v) is 6.07. The summed E-state index contributed by atoms with van der Waals surface area (Å²) in [4.78, 5) is 0. The second-order valence-corrected chi connectivity index (χ2v) is 4.41. The first-order chi connectivity index (χ1) is 8.08. The molecule has 1 aromatic carbocycles. The maximum atomic E-state index is 9.49. The summed E-state index contributed by atoms with van der Waals surface area (Å²) in [6.07, 6.45) is 0.598. The maximum absolute atomic E-state index is 9.49. The zero-order chi connectivity index (χ0) is 12.8. The SMILES string of the molecule is CCC(C)COc1ccc([C@@H](C)O)cc1OC. The Morgan fingerprint density at radius 2 is 1.94 bits per heavy atom. The van der Waals surface area contributed by atoms with E-state index in [0.717, 1.165) is 17.7 Å². The van der Waals surface area contributed by atoms with Crippen molar-refractivity contribution in [1.29, 1.82) is 0 Å². The van der Waals surface area contributed by atoms with Crippen LogP contribution < -0.4 is 9.47 Å². The van der Waals surface area contributed by atoms with E-state index in [1.165, 1.54) is 0 Å². The van der Waals surface area contributed by atoms with Gasteiger partial charge in [-0.2, -0.15) is 0 Å². The number of aliphatic hydroxyl groups is 1. The molecule has 0 fully saturated rings. The van der Waals surface area contributed by atoms with Gasteiger partial charge in [0.05, 0.1) is 19.8 Å². The van der Waals surface area contributed by atoms with Crippen molar-refractivity contribution in [2.24, 2.45) is 5.92 Å². The Morgan fingerprint density at radius 3 is 2.47 bits per heavy atom. The van der Waals surface area contributed by atoms with Crippen molar-refractivity contribution in [2.45, 2.75) is 33.3 Å². The molecule has 0 heterocycles. The van der Waals surface area contributed by atoms with Gasteiger partial charge in [-0.1, -0.05) is 26.3 Å². The normalized spacial score (nSPS) is 14.2. The standard InChI is InChI=1S/C14H22O3/c1-5-10(2)9-17-13-7-6-12(11(3)15)8-14(13)16-4/h6-8,10-11,15H,5,9H2,1-4H3/t10?,11-/m1/s1. The van der Waals surface area contributed by atoms with Gasteiger partial charge in [0.1, 0.15) is 0 Å². The summed E-state index contributed by atoms with van der Waals surface area (Å²) < 4.78 is 11.0. The zero-order valence-electron chi connectivity index (χ0n) is 11.1. The molecule has 1 N–H and O–H groups in total. The molecule has 0 aliphatic heterocycles. The highest BCUT2D eigenvalue weighted by atomic mass is 16.5. The molecule has 0 saturated heterocycles. The van der Waals surface area contributed by atoms with E-state index in [-0.39, 0.29) is 0 Å². The Labute approximate surface area is 103 Å². The molecule has 0 amide bonds. The van der Waals surface area contributed by atoms with Crippen LogP contribution in [-0.2, 0) is 0 Å². The Balaban J connectivity index is 2.78. The molecule has 1 rings (SSSR count). The van der Waals surface area contributed by atoms with Crippen LogP contribution in [0.2, 0.25) is 0 Å². The zero-order valence-corrected chi connectivity index (χ0v) is 11.1. The highest BCUT2D eigenvalue weighted by Crippen LogP contribution is 2.30. The summed E-state index contributed by atoms with van der Waals surface area (Å²) in [6, 6.07) is 5.53. The molecule has 0 bridgehead atoms. The minimum atomic E-state index is -0.493. The molecular formula is C14H22O3. The molecule has 0 aromatic heterocycles. The van der Waals surface area contributed by atoms with Crippen molar-refractivity contribution in [3.8, 4) is 11.5 Å². The number of benzene rings is 1. The second-order valence-electron chi connectivity index (χ2n) is 4.41. The third kappa shape index (κ3) is 3.93. The van der Waals surface area contributed by atoms with E-state index < -0.39 is 6.10 Å². The molecule has 0 spiro atoms. The molecule has 2 atom stereocenters. The van der Waals surface area contributed by atoms with E-state index in [1.54, 1.807) is 14.0 Å². The monoisotopic (exact) mass is 238 g/mol. The number of rotatable bonds is 6. The van der Waals surface area contributed by atoms with E-state index in [4.69, 9.17) is 9.47 Å². The van der Waals surface area contributed by atoms with Crippen LogP contribution >= 0.6 is 0 Å². The second kappa shape index (κ2) is 6.50. The largest absolute Gasteiger partial charge is 0.493 e. The molecule has 96 valence electrons. The van der Waals surface area contributed by atoms with Gasteiger partial charge in [0.15, 0.2) is 11.5 Å². The summed E-state index contributed by atoms with van der Waals surface area (Å²) in [5.74, 6) is 1.93. The minimum Gasteiger partial charge on any atom is -0.493 e. The molecule has 1 aromatic rings. The lowest BCUT2D eigenvalue weighted by molar-refractivity contribution is 0.198. The van der Waals surface area contributed by atoms with Gasteiger partial charge in [-0.15, -0.1) is 0 Å². The van der Waals surface area contributed by atoms with Crippen LogP contribution in [0.3, 0.4) is 0 Å². The van der Waals surface area contributed by atoms with E-state index >= 15 is 0 Å². The number of hydrogen-bond acceptors (Lipinski definition) is 3.